The Morgan fingerprint density at radius 3 is 2.48 bits per heavy atom. The van der Waals surface area contributed by atoms with Crippen molar-refractivity contribution in [1.29, 1.82) is 0 Å². The van der Waals surface area contributed by atoms with Crippen LogP contribution in [0.3, 0.4) is 0 Å². The predicted molar refractivity (Wildman–Crippen MR) is 105 cm³/mol. The number of aryl methyl sites for hydroxylation is 3. The molecule has 0 bridgehead atoms. The van der Waals surface area contributed by atoms with Gasteiger partial charge in [-0.3, -0.25) is 0 Å². The molecule has 0 radical (unpaired) electrons. The van der Waals surface area contributed by atoms with Gasteiger partial charge in [-0.05, 0) is 49.6 Å². The summed E-state index contributed by atoms with van der Waals surface area (Å²) in [5.74, 6) is 1.34. The van der Waals surface area contributed by atoms with Crippen molar-refractivity contribution in [3.63, 3.8) is 0 Å². The molecule has 0 atom stereocenters. The Morgan fingerprint density at radius 1 is 0.920 bits per heavy atom. The van der Waals surface area contributed by atoms with Crippen LogP contribution in [0.2, 0.25) is 5.02 Å². The number of nitrogens with zero attached hydrogens (tertiary/aromatic N) is 2. The lowest BCUT2D eigenvalue weighted by atomic mass is 10.1. The summed E-state index contributed by atoms with van der Waals surface area (Å²) in [5.41, 5.74) is 5.32. The van der Waals surface area contributed by atoms with Crippen LogP contribution in [-0.2, 0) is 6.54 Å². The molecule has 0 unspecified atom stereocenters. The molecule has 0 saturated heterocycles. The average molecular weight is 353 g/mol. The Labute approximate surface area is 153 Å². The third-order valence-electron chi connectivity index (χ3n) is 4.00. The average Bonchev–Trinajstić information content (AvgIpc) is 2.57. The van der Waals surface area contributed by atoms with Gasteiger partial charge >= 0.3 is 0 Å². The highest BCUT2D eigenvalue weighted by molar-refractivity contribution is 6.31. The fourth-order valence-corrected chi connectivity index (χ4v) is 2.69. The third kappa shape index (κ3) is 4.48. The van der Waals surface area contributed by atoms with Crippen molar-refractivity contribution in [1.82, 2.24) is 9.97 Å². The van der Waals surface area contributed by atoms with E-state index in [2.05, 4.69) is 39.7 Å². The standard InChI is InChI=1S/C20H21ClN4/c1-13-6-4-5-7-16(13)12-22-20-23-15(3)10-19(25-20)24-17-9-8-14(2)18(21)11-17/h4-11H,12H2,1-3H3,(H2,22,23,24,25). The molecule has 3 aromatic rings. The van der Waals surface area contributed by atoms with Crippen molar-refractivity contribution in [3.05, 3.63) is 75.9 Å². The van der Waals surface area contributed by atoms with Gasteiger partial charge in [0.05, 0.1) is 0 Å². The van der Waals surface area contributed by atoms with Gasteiger partial charge in [0.15, 0.2) is 0 Å². The molecule has 128 valence electrons. The molecular formula is C20H21ClN4. The molecule has 0 aliphatic carbocycles. The van der Waals surface area contributed by atoms with Crippen LogP contribution in [0, 0.1) is 20.8 Å². The van der Waals surface area contributed by atoms with E-state index in [1.165, 1.54) is 11.1 Å². The second-order valence-electron chi connectivity index (χ2n) is 6.09. The van der Waals surface area contributed by atoms with Gasteiger partial charge in [-0.15, -0.1) is 0 Å². The van der Waals surface area contributed by atoms with Gasteiger partial charge in [-0.1, -0.05) is 41.9 Å². The van der Waals surface area contributed by atoms with E-state index >= 15 is 0 Å². The molecule has 0 aliphatic heterocycles. The van der Waals surface area contributed by atoms with Crippen LogP contribution < -0.4 is 10.6 Å². The van der Waals surface area contributed by atoms with Gasteiger partial charge < -0.3 is 10.6 Å². The fourth-order valence-electron chi connectivity index (χ4n) is 2.51. The van der Waals surface area contributed by atoms with Crippen LogP contribution in [0.5, 0.6) is 0 Å². The Balaban J connectivity index is 1.76. The summed E-state index contributed by atoms with van der Waals surface area (Å²) in [4.78, 5) is 9.01. The molecule has 25 heavy (non-hydrogen) atoms. The minimum absolute atomic E-state index is 0.601. The second kappa shape index (κ2) is 7.53. The fraction of sp³-hybridized carbons (Fsp3) is 0.200. The predicted octanol–water partition coefficient (Wildman–Crippen LogP) is 5.41. The molecule has 2 N–H and O–H groups in total. The monoisotopic (exact) mass is 352 g/mol. The highest BCUT2D eigenvalue weighted by atomic mass is 35.5. The second-order valence-corrected chi connectivity index (χ2v) is 6.49. The van der Waals surface area contributed by atoms with E-state index < -0.39 is 0 Å². The van der Waals surface area contributed by atoms with E-state index in [9.17, 15) is 0 Å². The first-order chi connectivity index (χ1) is 12.0. The maximum atomic E-state index is 6.19. The summed E-state index contributed by atoms with van der Waals surface area (Å²) in [6.45, 7) is 6.72. The quantitative estimate of drug-likeness (QED) is 0.644. The molecule has 0 fully saturated rings. The zero-order chi connectivity index (χ0) is 17.8. The number of anilines is 3. The topological polar surface area (TPSA) is 49.8 Å². The summed E-state index contributed by atoms with van der Waals surface area (Å²) in [7, 11) is 0. The normalized spacial score (nSPS) is 10.6. The molecule has 3 rings (SSSR count). The van der Waals surface area contributed by atoms with Gasteiger partial charge in [-0.2, -0.15) is 4.98 Å². The Hall–Kier alpha value is -2.59. The van der Waals surface area contributed by atoms with Crippen molar-refractivity contribution in [2.45, 2.75) is 27.3 Å². The number of rotatable bonds is 5. The summed E-state index contributed by atoms with van der Waals surface area (Å²) in [6.07, 6.45) is 0. The van der Waals surface area contributed by atoms with Gasteiger partial charge in [0, 0.05) is 29.0 Å². The summed E-state index contributed by atoms with van der Waals surface area (Å²) in [5, 5.41) is 7.32. The van der Waals surface area contributed by atoms with Crippen molar-refractivity contribution in [2.24, 2.45) is 0 Å². The number of hydrogen-bond acceptors (Lipinski definition) is 4. The number of hydrogen-bond donors (Lipinski definition) is 2. The van der Waals surface area contributed by atoms with Gasteiger partial charge in [0.25, 0.3) is 0 Å². The number of nitrogens with one attached hydrogen (secondary N) is 2. The first kappa shape index (κ1) is 17.2. The molecule has 0 amide bonds. The first-order valence-corrected chi connectivity index (χ1v) is 8.56. The molecule has 4 nitrogen and oxygen atoms in total. The Morgan fingerprint density at radius 2 is 1.72 bits per heavy atom. The van der Waals surface area contributed by atoms with Crippen LogP contribution in [0.4, 0.5) is 17.5 Å². The lowest BCUT2D eigenvalue weighted by Crippen LogP contribution is -2.07. The molecule has 0 aliphatic rings. The maximum Gasteiger partial charge on any atom is 0.225 e. The van der Waals surface area contributed by atoms with Gasteiger partial charge in [0.2, 0.25) is 5.95 Å². The number of benzene rings is 2. The van der Waals surface area contributed by atoms with E-state index in [1.54, 1.807) is 0 Å². The van der Waals surface area contributed by atoms with E-state index in [0.29, 0.717) is 12.5 Å². The lowest BCUT2D eigenvalue weighted by Gasteiger charge is -2.11. The third-order valence-corrected chi connectivity index (χ3v) is 4.40. The molecule has 5 heteroatoms. The summed E-state index contributed by atoms with van der Waals surface area (Å²) >= 11 is 6.19. The number of aromatic nitrogens is 2. The van der Waals surface area contributed by atoms with Crippen LogP contribution in [0.15, 0.2) is 48.5 Å². The van der Waals surface area contributed by atoms with Crippen LogP contribution in [0.25, 0.3) is 0 Å². The maximum absolute atomic E-state index is 6.19. The Bertz CT molecular complexity index is 893. The van der Waals surface area contributed by atoms with Crippen LogP contribution >= 0.6 is 11.6 Å². The zero-order valence-electron chi connectivity index (χ0n) is 14.6. The molecular weight excluding hydrogens is 332 g/mol. The molecule has 1 heterocycles. The SMILES string of the molecule is Cc1cc(Nc2ccc(C)c(Cl)c2)nc(NCc2ccccc2C)n1. The summed E-state index contributed by atoms with van der Waals surface area (Å²) < 4.78 is 0. The smallest absolute Gasteiger partial charge is 0.225 e. The van der Waals surface area contributed by atoms with Crippen molar-refractivity contribution in [2.75, 3.05) is 10.6 Å². The zero-order valence-corrected chi connectivity index (χ0v) is 15.4. The van der Waals surface area contributed by atoms with E-state index in [-0.39, 0.29) is 0 Å². The summed E-state index contributed by atoms with van der Waals surface area (Å²) in [6, 6.07) is 16.1. The Kier molecular flexibility index (Phi) is 5.19. The minimum atomic E-state index is 0.601. The largest absolute Gasteiger partial charge is 0.350 e. The molecule has 2 aromatic carbocycles. The highest BCUT2D eigenvalue weighted by Crippen LogP contribution is 2.23. The molecule has 1 aromatic heterocycles. The van der Waals surface area contributed by atoms with E-state index in [1.807, 2.05) is 50.2 Å². The van der Waals surface area contributed by atoms with Crippen molar-refractivity contribution in [3.8, 4) is 0 Å². The highest BCUT2D eigenvalue weighted by Gasteiger charge is 2.05. The molecule has 0 saturated carbocycles. The van der Waals surface area contributed by atoms with E-state index in [4.69, 9.17) is 11.6 Å². The molecule has 0 spiro atoms. The van der Waals surface area contributed by atoms with Crippen LogP contribution in [0.1, 0.15) is 22.4 Å². The van der Waals surface area contributed by atoms with Crippen molar-refractivity contribution < 1.29 is 0 Å². The van der Waals surface area contributed by atoms with Crippen LogP contribution in [-0.4, -0.2) is 9.97 Å². The van der Waals surface area contributed by atoms with Gasteiger partial charge in [0.1, 0.15) is 5.82 Å². The van der Waals surface area contributed by atoms with Gasteiger partial charge in [-0.25, -0.2) is 4.98 Å². The lowest BCUT2D eigenvalue weighted by molar-refractivity contribution is 1.02. The van der Waals surface area contributed by atoms with E-state index in [0.717, 1.165) is 27.8 Å². The minimum Gasteiger partial charge on any atom is -0.350 e. The van der Waals surface area contributed by atoms with Crippen molar-refractivity contribution >= 4 is 29.1 Å². The first-order valence-electron chi connectivity index (χ1n) is 8.18. The number of halogens is 1.